The van der Waals surface area contributed by atoms with Crippen LogP contribution in [0.3, 0.4) is 0 Å². The average Bonchev–Trinajstić information content (AvgIpc) is 3.33. The lowest BCUT2D eigenvalue weighted by Gasteiger charge is -2.35. The number of hydrogen-bond acceptors (Lipinski definition) is 5. The lowest BCUT2D eigenvalue weighted by molar-refractivity contribution is -0.138. The highest BCUT2D eigenvalue weighted by atomic mass is 16.3. The Morgan fingerprint density at radius 1 is 1.15 bits per heavy atom. The zero-order chi connectivity index (χ0) is 18.8. The summed E-state index contributed by atoms with van der Waals surface area (Å²) >= 11 is 0. The van der Waals surface area contributed by atoms with Gasteiger partial charge in [0.25, 0.3) is 0 Å². The van der Waals surface area contributed by atoms with Crippen molar-refractivity contribution in [1.29, 1.82) is 0 Å². The topological polar surface area (TPSA) is 89.1 Å². The van der Waals surface area contributed by atoms with Crippen LogP contribution in [0.1, 0.15) is 56.1 Å². The van der Waals surface area contributed by atoms with E-state index in [0.29, 0.717) is 12.5 Å². The fourth-order valence-electron chi connectivity index (χ4n) is 4.35. The van der Waals surface area contributed by atoms with Crippen LogP contribution in [0, 0.1) is 5.92 Å². The van der Waals surface area contributed by atoms with Gasteiger partial charge in [0.15, 0.2) is 5.82 Å². The van der Waals surface area contributed by atoms with Crippen molar-refractivity contribution < 1.29 is 9.90 Å². The maximum atomic E-state index is 12.8. The van der Waals surface area contributed by atoms with Crippen LogP contribution in [0.4, 0.5) is 0 Å². The summed E-state index contributed by atoms with van der Waals surface area (Å²) in [5.74, 6) is 2.61. The SMILES string of the molecule is Cn1c(Cn2cccn2)nnc1C1CCN(C(=O)C2CCC(O)CC2)CC1. The van der Waals surface area contributed by atoms with Crippen molar-refractivity contribution in [3.8, 4) is 0 Å². The van der Waals surface area contributed by atoms with Gasteiger partial charge < -0.3 is 14.6 Å². The van der Waals surface area contributed by atoms with Crippen molar-refractivity contribution in [3.63, 3.8) is 0 Å². The number of likely N-dealkylation sites (tertiary alicyclic amines) is 1. The van der Waals surface area contributed by atoms with E-state index in [-0.39, 0.29) is 17.9 Å². The van der Waals surface area contributed by atoms with Crippen LogP contribution in [0.2, 0.25) is 0 Å². The second kappa shape index (κ2) is 7.80. The molecule has 8 nitrogen and oxygen atoms in total. The third kappa shape index (κ3) is 3.90. The maximum Gasteiger partial charge on any atom is 0.225 e. The molecule has 146 valence electrons. The first-order valence-electron chi connectivity index (χ1n) is 9.94. The minimum Gasteiger partial charge on any atom is -0.393 e. The fourth-order valence-corrected chi connectivity index (χ4v) is 4.35. The molecule has 2 aromatic heterocycles. The van der Waals surface area contributed by atoms with Crippen LogP contribution in [-0.4, -0.2) is 59.7 Å². The third-order valence-corrected chi connectivity index (χ3v) is 6.08. The molecule has 1 saturated heterocycles. The second-order valence-electron chi connectivity index (χ2n) is 7.84. The normalized spacial score (nSPS) is 24.3. The van der Waals surface area contributed by atoms with Crippen LogP contribution >= 0.6 is 0 Å². The van der Waals surface area contributed by atoms with Gasteiger partial charge in [0, 0.05) is 44.4 Å². The van der Waals surface area contributed by atoms with Gasteiger partial charge in [-0.15, -0.1) is 10.2 Å². The zero-order valence-corrected chi connectivity index (χ0v) is 15.9. The number of aliphatic hydroxyl groups is 1. The van der Waals surface area contributed by atoms with E-state index >= 15 is 0 Å². The minimum absolute atomic E-state index is 0.0976. The Balaban J connectivity index is 1.34. The molecule has 2 aromatic rings. The Bertz CT molecular complexity index is 755. The molecular formula is C19H28N6O2. The number of amides is 1. The summed E-state index contributed by atoms with van der Waals surface area (Å²) in [6.07, 6.45) is 8.46. The highest BCUT2D eigenvalue weighted by Crippen LogP contribution is 2.30. The second-order valence-corrected chi connectivity index (χ2v) is 7.84. The van der Waals surface area contributed by atoms with Gasteiger partial charge in [-0.2, -0.15) is 5.10 Å². The average molecular weight is 372 g/mol. The molecule has 0 aromatic carbocycles. The van der Waals surface area contributed by atoms with Gasteiger partial charge in [0.05, 0.1) is 6.10 Å². The fraction of sp³-hybridized carbons (Fsp3) is 0.684. The Hall–Kier alpha value is -2.22. The summed E-state index contributed by atoms with van der Waals surface area (Å²) in [5.41, 5.74) is 0. The van der Waals surface area contributed by atoms with E-state index in [0.717, 1.165) is 63.3 Å². The first-order chi connectivity index (χ1) is 13.1. The highest BCUT2D eigenvalue weighted by molar-refractivity contribution is 5.79. The summed E-state index contributed by atoms with van der Waals surface area (Å²) in [6.45, 7) is 2.18. The molecule has 1 N–H and O–H groups in total. The molecule has 4 rings (SSSR count). The quantitative estimate of drug-likeness (QED) is 0.874. The first-order valence-corrected chi connectivity index (χ1v) is 9.94. The number of nitrogens with zero attached hydrogens (tertiary/aromatic N) is 6. The van der Waals surface area contributed by atoms with Crippen LogP contribution in [0.25, 0.3) is 0 Å². The van der Waals surface area contributed by atoms with Gasteiger partial charge >= 0.3 is 0 Å². The van der Waals surface area contributed by atoms with E-state index in [2.05, 4.69) is 19.9 Å². The van der Waals surface area contributed by atoms with E-state index in [1.54, 1.807) is 6.20 Å². The summed E-state index contributed by atoms with van der Waals surface area (Å²) in [5, 5.41) is 22.6. The Morgan fingerprint density at radius 3 is 2.56 bits per heavy atom. The monoisotopic (exact) mass is 372 g/mol. The summed E-state index contributed by atoms with van der Waals surface area (Å²) in [4.78, 5) is 14.8. The Labute approximate surface area is 159 Å². The van der Waals surface area contributed by atoms with E-state index in [4.69, 9.17) is 0 Å². The van der Waals surface area contributed by atoms with E-state index in [9.17, 15) is 9.90 Å². The number of piperidine rings is 1. The van der Waals surface area contributed by atoms with Crippen molar-refractivity contribution in [1.82, 2.24) is 29.4 Å². The van der Waals surface area contributed by atoms with Crippen molar-refractivity contribution in [2.45, 2.75) is 57.1 Å². The van der Waals surface area contributed by atoms with E-state index < -0.39 is 0 Å². The summed E-state index contributed by atoms with van der Waals surface area (Å²) in [6, 6.07) is 1.90. The predicted octanol–water partition coefficient (Wildman–Crippen LogP) is 1.32. The smallest absolute Gasteiger partial charge is 0.225 e. The van der Waals surface area contributed by atoms with Crippen molar-refractivity contribution in [2.24, 2.45) is 13.0 Å². The van der Waals surface area contributed by atoms with E-state index in [1.807, 2.05) is 28.9 Å². The number of rotatable bonds is 4. The summed E-state index contributed by atoms with van der Waals surface area (Å²) < 4.78 is 3.92. The lowest BCUT2D eigenvalue weighted by Crippen LogP contribution is -2.42. The number of hydrogen-bond donors (Lipinski definition) is 1. The van der Waals surface area contributed by atoms with Crippen LogP contribution < -0.4 is 0 Å². The van der Waals surface area contributed by atoms with Crippen molar-refractivity contribution in [3.05, 3.63) is 30.1 Å². The van der Waals surface area contributed by atoms with Gasteiger partial charge in [0.1, 0.15) is 12.4 Å². The van der Waals surface area contributed by atoms with Crippen LogP contribution in [0.5, 0.6) is 0 Å². The molecule has 2 aliphatic rings. The number of carbonyl (C=O) groups is 1. The number of aromatic nitrogens is 5. The molecule has 1 amide bonds. The molecule has 0 bridgehead atoms. The molecule has 0 spiro atoms. The van der Waals surface area contributed by atoms with Crippen molar-refractivity contribution >= 4 is 5.91 Å². The maximum absolute atomic E-state index is 12.8. The van der Waals surface area contributed by atoms with Gasteiger partial charge in [-0.3, -0.25) is 9.48 Å². The standard InChI is InChI=1S/C19H28N6O2/c1-23-17(13-25-10-2-9-20-25)21-22-18(23)14-7-11-24(12-8-14)19(27)15-3-5-16(26)6-4-15/h2,9-10,14-16,26H,3-8,11-13H2,1H3. The number of aliphatic hydroxyl groups excluding tert-OH is 1. The molecule has 1 aliphatic carbocycles. The lowest BCUT2D eigenvalue weighted by atomic mass is 9.85. The largest absolute Gasteiger partial charge is 0.393 e. The first kappa shape index (κ1) is 18.2. The van der Waals surface area contributed by atoms with Gasteiger partial charge in [-0.25, -0.2) is 0 Å². The zero-order valence-electron chi connectivity index (χ0n) is 15.9. The third-order valence-electron chi connectivity index (χ3n) is 6.08. The Kier molecular flexibility index (Phi) is 5.24. The molecule has 0 radical (unpaired) electrons. The molecule has 1 saturated carbocycles. The highest BCUT2D eigenvalue weighted by Gasteiger charge is 2.32. The van der Waals surface area contributed by atoms with Gasteiger partial charge in [-0.05, 0) is 44.6 Å². The molecule has 2 fully saturated rings. The summed E-state index contributed by atoms with van der Waals surface area (Å²) in [7, 11) is 2.01. The van der Waals surface area contributed by atoms with Crippen molar-refractivity contribution in [2.75, 3.05) is 13.1 Å². The Morgan fingerprint density at radius 2 is 1.89 bits per heavy atom. The van der Waals surface area contributed by atoms with E-state index in [1.165, 1.54) is 0 Å². The van der Waals surface area contributed by atoms with Gasteiger partial charge in [-0.1, -0.05) is 0 Å². The van der Waals surface area contributed by atoms with Crippen LogP contribution in [-0.2, 0) is 18.4 Å². The molecular weight excluding hydrogens is 344 g/mol. The minimum atomic E-state index is -0.216. The molecule has 0 unspecified atom stereocenters. The molecule has 0 atom stereocenters. The molecule has 27 heavy (non-hydrogen) atoms. The number of carbonyl (C=O) groups excluding carboxylic acids is 1. The molecule has 8 heteroatoms. The molecule has 1 aliphatic heterocycles. The predicted molar refractivity (Wildman–Crippen MR) is 98.9 cm³/mol. The van der Waals surface area contributed by atoms with Crippen LogP contribution in [0.15, 0.2) is 18.5 Å². The van der Waals surface area contributed by atoms with Gasteiger partial charge in [0.2, 0.25) is 5.91 Å². The molecule has 3 heterocycles.